The summed E-state index contributed by atoms with van der Waals surface area (Å²) in [6.45, 7) is 26.7. The van der Waals surface area contributed by atoms with Gasteiger partial charge in [0.05, 0.1) is 75.4 Å². The lowest BCUT2D eigenvalue weighted by atomic mass is 10.1. The summed E-state index contributed by atoms with van der Waals surface area (Å²) in [5.41, 5.74) is 0.0223. The van der Waals surface area contributed by atoms with E-state index in [1.54, 1.807) is 0 Å². The smallest absolute Gasteiger partial charge is 0.341 e. The van der Waals surface area contributed by atoms with Crippen LogP contribution < -0.4 is 39.1 Å². The molecule has 0 spiro atoms. The van der Waals surface area contributed by atoms with E-state index >= 15 is 0 Å². The number of carbonyl (C=O) groups is 4. The number of rotatable bonds is 36. The van der Waals surface area contributed by atoms with Crippen molar-refractivity contribution in [3.05, 3.63) is 58.7 Å². The summed E-state index contributed by atoms with van der Waals surface area (Å²) in [6, 6.07) is 8.54. The Hall–Kier alpha value is -5.82. The number of methoxy groups -OCH3 is 4. The molecule has 0 aromatic heterocycles. The Kier molecular flexibility index (Phi) is 28.3. The number of anilines is 2. The maximum absolute atomic E-state index is 14.6. The highest BCUT2D eigenvalue weighted by Crippen LogP contribution is 2.39. The first kappa shape index (κ1) is 64.5. The topological polar surface area (TPSA) is 203 Å². The molecular weight excluding hydrogens is 981 g/mol. The summed E-state index contributed by atoms with van der Waals surface area (Å²) >= 11 is 0. The molecule has 0 saturated carbocycles. The minimum atomic E-state index is -0.756. The van der Waals surface area contributed by atoms with E-state index in [-0.39, 0.29) is 119 Å². The maximum Gasteiger partial charge on any atom is 0.341 e. The molecular formula is C58H88N2O16. The van der Waals surface area contributed by atoms with Crippen molar-refractivity contribution in [2.24, 2.45) is 23.7 Å². The van der Waals surface area contributed by atoms with Crippen LogP contribution in [0.5, 0.6) is 34.5 Å². The van der Waals surface area contributed by atoms with Gasteiger partial charge in [0, 0.05) is 44.6 Å². The van der Waals surface area contributed by atoms with Crippen LogP contribution in [0.2, 0.25) is 0 Å². The van der Waals surface area contributed by atoms with Gasteiger partial charge in [0.25, 0.3) is 11.8 Å². The Bertz CT molecular complexity index is 2130. The first-order valence-corrected chi connectivity index (χ1v) is 26.5. The molecule has 0 saturated heterocycles. The first-order chi connectivity index (χ1) is 36.1. The number of hydrogen-bond donors (Lipinski definition) is 2. The van der Waals surface area contributed by atoms with Gasteiger partial charge in [-0.3, -0.25) is 9.59 Å². The maximum atomic E-state index is 14.6. The summed E-state index contributed by atoms with van der Waals surface area (Å²) < 4.78 is 70.5. The Balaban J connectivity index is 2.12. The van der Waals surface area contributed by atoms with Crippen molar-refractivity contribution in [3.63, 3.8) is 0 Å². The molecule has 2 amide bonds. The highest BCUT2D eigenvalue weighted by atomic mass is 16.6. The Morgan fingerprint density at radius 3 is 0.882 bits per heavy atom. The fraction of sp³-hybridized carbons (Fsp3) is 0.621. The molecule has 2 N–H and O–H groups in total. The lowest BCUT2D eigenvalue weighted by molar-refractivity contribution is 0.0245. The highest BCUT2D eigenvalue weighted by molar-refractivity contribution is 6.11. The third kappa shape index (κ3) is 22.0. The Morgan fingerprint density at radius 1 is 0.368 bits per heavy atom. The number of esters is 2. The molecule has 0 heterocycles. The molecule has 0 aliphatic carbocycles. The molecule has 76 heavy (non-hydrogen) atoms. The second-order valence-electron chi connectivity index (χ2n) is 20.5. The number of carbonyl (C=O) groups excluding carboxylic acids is 4. The molecule has 18 nitrogen and oxygen atoms in total. The van der Waals surface area contributed by atoms with E-state index in [0.29, 0.717) is 50.1 Å². The van der Waals surface area contributed by atoms with Crippen molar-refractivity contribution in [1.82, 2.24) is 0 Å². The molecule has 426 valence electrons. The highest BCUT2D eigenvalue weighted by Gasteiger charge is 2.28. The van der Waals surface area contributed by atoms with Gasteiger partial charge in [-0.15, -0.1) is 0 Å². The van der Waals surface area contributed by atoms with E-state index in [1.807, 2.05) is 27.7 Å². The molecule has 0 fully saturated rings. The normalized spacial score (nSPS) is 13.0. The lowest BCUT2D eigenvalue weighted by Crippen LogP contribution is -2.23. The van der Waals surface area contributed by atoms with Crippen LogP contribution in [-0.2, 0) is 28.4 Å². The molecule has 0 radical (unpaired) electrons. The number of hydrogen-bond acceptors (Lipinski definition) is 16. The van der Waals surface area contributed by atoms with Crippen molar-refractivity contribution in [1.29, 1.82) is 0 Å². The standard InChI is InChI=1S/C58H88N2O16/c1-35(2)17-21-69-39(9)31-73-49-28-51(75-33-41(11)71-23-19-37(5)6)45(57(63)67-15)25-43(49)55(61)59-47-27-48(54(66-14)30-53(47)65-13)60-56(62)44-26-46(58(64)68-16)52(76-34-42(12)72-24-20-38(7)8)29-50(44)74-32-40(10)70-22-18-36(3)4/h25-30,35-42H,17-24,31-34H2,1-16H3,(H,59,61)(H,60,62). The molecule has 4 atom stereocenters. The molecule has 0 aliphatic heterocycles. The van der Waals surface area contributed by atoms with E-state index in [0.717, 1.165) is 25.7 Å². The number of ether oxygens (including phenoxy) is 12. The molecule has 3 aromatic carbocycles. The van der Waals surface area contributed by atoms with E-state index in [4.69, 9.17) is 56.8 Å². The second kappa shape index (κ2) is 33.4. The number of amides is 2. The average molecular weight is 1070 g/mol. The minimum Gasteiger partial charge on any atom is -0.494 e. The quantitative estimate of drug-likeness (QED) is 0.0520. The molecule has 18 heteroatoms. The Labute approximate surface area is 451 Å². The van der Waals surface area contributed by atoms with E-state index < -0.39 is 23.8 Å². The summed E-state index contributed by atoms with van der Waals surface area (Å²) in [4.78, 5) is 56.0. The molecule has 0 bridgehead atoms. The predicted molar refractivity (Wildman–Crippen MR) is 292 cm³/mol. The van der Waals surface area contributed by atoms with Crippen LogP contribution >= 0.6 is 0 Å². The lowest BCUT2D eigenvalue weighted by Gasteiger charge is -2.21. The number of benzene rings is 3. The van der Waals surface area contributed by atoms with Gasteiger partial charge in [-0.1, -0.05) is 55.4 Å². The van der Waals surface area contributed by atoms with Gasteiger partial charge in [-0.05, 0) is 95.2 Å². The van der Waals surface area contributed by atoms with Crippen LogP contribution in [0.3, 0.4) is 0 Å². The van der Waals surface area contributed by atoms with Gasteiger partial charge in [0.2, 0.25) is 0 Å². The molecule has 0 aliphatic rings. The second-order valence-corrected chi connectivity index (χ2v) is 20.5. The molecule has 3 rings (SSSR count). The predicted octanol–water partition coefficient (Wildman–Crippen LogP) is 11.1. The zero-order valence-corrected chi connectivity index (χ0v) is 48.1. The van der Waals surface area contributed by atoms with Crippen LogP contribution in [0.4, 0.5) is 11.4 Å². The van der Waals surface area contributed by atoms with Gasteiger partial charge in [0.1, 0.15) is 72.1 Å². The summed E-state index contributed by atoms with van der Waals surface area (Å²) in [5, 5.41) is 5.74. The Morgan fingerprint density at radius 2 is 0.632 bits per heavy atom. The van der Waals surface area contributed by atoms with E-state index in [2.05, 4.69) is 66.0 Å². The monoisotopic (exact) mass is 1070 g/mol. The summed E-state index contributed by atoms with van der Waals surface area (Å²) in [7, 11) is 5.26. The zero-order chi connectivity index (χ0) is 56.5. The van der Waals surface area contributed by atoms with Crippen molar-refractivity contribution in [3.8, 4) is 34.5 Å². The average Bonchev–Trinajstić information content (AvgIpc) is 3.37. The third-order valence-corrected chi connectivity index (χ3v) is 11.8. The van der Waals surface area contributed by atoms with Crippen molar-refractivity contribution in [2.45, 2.75) is 133 Å². The minimum absolute atomic E-state index is 0.0352. The van der Waals surface area contributed by atoms with Crippen molar-refractivity contribution >= 4 is 35.1 Å². The van der Waals surface area contributed by atoms with E-state index in [1.165, 1.54) is 64.8 Å². The van der Waals surface area contributed by atoms with Crippen molar-refractivity contribution in [2.75, 3.05) is 91.9 Å². The number of nitrogens with one attached hydrogen (secondary N) is 2. The third-order valence-electron chi connectivity index (χ3n) is 11.8. The van der Waals surface area contributed by atoms with Gasteiger partial charge in [-0.2, -0.15) is 0 Å². The van der Waals surface area contributed by atoms with Crippen molar-refractivity contribution < 1.29 is 76.0 Å². The summed E-state index contributed by atoms with van der Waals surface area (Å²) in [5.74, 6) is -0.449. The van der Waals surface area contributed by atoms with Crippen LogP contribution in [0.1, 0.15) is 150 Å². The van der Waals surface area contributed by atoms with Crippen LogP contribution in [0.15, 0.2) is 36.4 Å². The molecule has 4 unspecified atom stereocenters. The van der Waals surface area contributed by atoms with Gasteiger partial charge in [0.15, 0.2) is 0 Å². The SMILES string of the molecule is COC(=O)c1cc(C(=O)Nc2cc(NC(=O)c3cc(C(=O)OC)c(OCC(C)OCCC(C)C)cc3OCC(C)OCCC(C)C)c(OC)cc2OC)c(OCC(C)OCCC(C)C)cc1OCC(C)OCCC(C)C. The fourth-order valence-corrected chi connectivity index (χ4v) is 7.01. The van der Waals surface area contributed by atoms with Gasteiger partial charge >= 0.3 is 11.9 Å². The fourth-order valence-electron chi connectivity index (χ4n) is 7.01. The molecule has 3 aromatic rings. The van der Waals surface area contributed by atoms with Gasteiger partial charge in [-0.25, -0.2) is 9.59 Å². The largest absolute Gasteiger partial charge is 0.494 e. The van der Waals surface area contributed by atoms with Crippen LogP contribution in [0, 0.1) is 23.7 Å². The van der Waals surface area contributed by atoms with Crippen LogP contribution in [-0.4, -0.2) is 129 Å². The first-order valence-electron chi connectivity index (χ1n) is 26.5. The van der Waals surface area contributed by atoms with Crippen LogP contribution in [0.25, 0.3) is 0 Å². The zero-order valence-electron chi connectivity index (χ0n) is 48.1. The van der Waals surface area contributed by atoms with Gasteiger partial charge < -0.3 is 67.5 Å². The van der Waals surface area contributed by atoms with E-state index in [9.17, 15) is 19.2 Å². The summed E-state index contributed by atoms with van der Waals surface area (Å²) in [6.07, 6.45) is 2.04.